The van der Waals surface area contributed by atoms with Gasteiger partial charge in [0.2, 0.25) is 12.2 Å². The lowest BCUT2D eigenvalue weighted by molar-refractivity contribution is 0.562. The van der Waals surface area contributed by atoms with Crippen LogP contribution in [0.25, 0.3) is 0 Å². The number of hydrogen-bond acceptors (Lipinski definition) is 6. The molecule has 2 unspecified atom stereocenters. The third-order valence-electron chi connectivity index (χ3n) is 1.71. The zero-order valence-electron chi connectivity index (χ0n) is 7.51. The highest BCUT2D eigenvalue weighted by atomic mass is 32.2. The fourth-order valence-electron chi connectivity index (χ4n) is 1.15. The van der Waals surface area contributed by atoms with Gasteiger partial charge in [0, 0.05) is 22.0 Å². The van der Waals surface area contributed by atoms with Crippen molar-refractivity contribution < 1.29 is 9.59 Å². The van der Waals surface area contributed by atoms with Gasteiger partial charge in [-0.1, -0.05) is 0 Å². The molecule has 0 saturated carbocycles. The average Bonchev–Trinajstić information content (AvgIpc) is 2.24. The third-order valence-corrected chi connectivity index (χ3v) is 4.81. The maximum Gasteiger partial charge on any atom is 0.234 e. The Balaban J connectivity index is 2.34. The molecule has 1 aliphatic rings. The Bertz CT molecular complexity index is 247. The van der Waals surface area contributed by atoms with Gasteiger partial charge in [-0.05, 0) is 0 Å². The molecule has 4 nitrogen and oxygen atoms in total. The lowest BCUT2D eigenvalue weighted by Gasteiger charge is -2.25. The van der Waals surface area contributed by atoms with Crippen molar-refractivity contribution in [3.8, 4) is 0 Å². The second-order valence-electron chi connectivity index (χ2n) is 2.78. The van der Waals surface area contributed by atoms with Gasteiger partial charge in [-0.2, -0.15) is 11.8 Å². The zero-order chi connectivity index (χ0) is 10.2. The predicted octanol–water partition coefficient (Wildman–Crippen LogP) is 0.875. The molecule has 1 fully saturated rings. The molecule has 0 amide bonds. The van der Waals surface area contributed by atoms with Crippen LogP contribution >= 0.6 is 23.5 Å². The van der Waals surface area contributed by atoms with E-state index in [4.69, 9.17) is 0 Å². The molecule has 1 aliphatic heterocycles. The van der Waals surface area contributed by atoms with E-state index >= 15 is 0 Å². The molecule has 0 spiro atoms. The number of hydrogen-bond donors (Lipinski definition) is 0. The first kappa shape index (κ1) is 11.5. The van der Waals surface area contributed by atoms with Gasteiger partial charge in [-0.3, -0.25) is 0 Å². The summed E-state index contributed by atoms with van der Waals surface area (Å²) in [6.07, 6.45) is 3.08. The summed E-state index contributed by atoms with van der Waals surface area (Å²) < 4.78 is 0. The fourth-order valence-corrected chi connectivity index (χ4v) is 4.10. The van der Waals surface area contributed by atoms with Crippen molar-refractivity contribution >= 4 is 35.7 Å². The Kier molecular flexibility index (Phi) is 5.64. The molecule has 0 aromatic rings. The molecule has 0 radical (unpaired) electrons. The molecule has 1 rings (SSSR count). The maximum atomic E-state index is 9.92. The molecule has 0 aromatic heterocycles. The van der Waals surface area contributed by atoms with E-state index in [0.29, 0.717) is 23.6 Å². The standard InChI is InChI=1S/C8H10N2O2S2/c11-5-9-1-7-3-13-4-8(14-7)2-10-6-12/h7-8H,1-4H2. The predicted molar refractivity (Wildman–Crippen MR) is 58.5 cm³/mol. The highest BCUT2D eigenvalue weighted by Gasteiger charge is 2.22. The van der Waals surface area contributed by atoms with Gasteiger partial charge >= 0.3 is 0 Å². The Hall–Kier alpha value is -0.540. The Morgan fingerprint density at radius 1 is 1.07 bits per heavy atom. The van der Waals surface area contributed by atoms with Gasteiger partial charge in [0.1, 0.15) is 0 Å². The van der Waals surface area contributed by atoms with Crippen molar-refractivity contribution in [1.82, 2.24) is 0 Å². The highest BCUT2D eigenvalue weighted by molar-refractivity contribution is 8.07. The summed E-state index contributed by atoms with van der Waals surface area (Å²) in [5.41, 5.74) is 0. The van der Waals surface area contributed by atoms with Crippen molar-refractivity contribution in [3.63, 3.8) is 0 Å². The quantitative estimate of drug-likeness (QED) is 0.531. The Labute approximate surface area is 90.6 Å². The zero-order valence-corrected chi connectivity index (χ0v) is 9.14. The highest BCUT2D eigenvalue weighted by Crippen LogP contribution is 2.30. The first-order chi connectivity index (χ1) is 6.86. The molecular weight excluding hydrogens is 220 g/mol. The molecule has 14 heavy (non-hydrogen) atoms. The first-order valence-corrected chi connectivity index (χ1v) is 6.27. The minimum absolute atomic E-state index is 0.349. The second-order valence-corrected chi connectivity index (χ2v) is 5.46. The van der Waals surface area contributed by atoms with E-state index in [-0.39, 0.29) is 0 Å². The fraction of sp³-hybridized carbons (Fsp3) is 0.750. The lowest BCUT2D eigenvalue weighted by atomic mass is 10.4. The average molecular weight is 230 g/mol. The SMILES string of the molecule is O=C=NCC1CSCC(CN=C=O)S1. The van der Waals surface area contributed by atoms with Crippen LogP contribution in [-0.2, 0) is 9.59 Å². The molecule has 0 aromatic carbocycles. The Morgan fingerprint density at radius 3 is 2.00 bits per heavy atom. The summed E-state index contributed by atoms with van der Waals surface area (Å²) in [7, 11) is 0. The van der Waals surface area contributed by atoms with Crippen molar-refractivity contribution in [3.05, 3.63) is 0 Å². The summed E-state index contributed by atoms with van der Waals surface area (Å²) in [6.45, 7) is 1.03. The summed E-state index contributed by atoms with van der Waals surface area (Å²) in [4.78, 5) is 27.0. The van der Waals surface area contributed by atoms with E-state index in [0.717, 1.165) is 11.5 Å². The van der Waals surface area contributed by atoms with E-state index in [9.17, 15) is 9.59 Å². The molecule has 6 heteroatoms. The van der Waals surface area contributed by atoms with Crippen LogP contribution in [-0.4, -0.2) is 47.3 Å². The number of rotatable bonds is 4. The third kappa shape index (κ3) is 4.11. The number of carbonyl (C=O) groups excluding carboxylic acids is 2. The van der Waals surface area contributed by atoms with Gasteiger partial charge in [0.25, 0.3) is 0 Å². The van der Waals surface area contributed by atoms with Crippen molar-refractivity contribution in [2.75, 3.05) is 24.6 Å². The van der Waals surface area contributed by atoms with E-state index in [2.05, 4.69) is 9.98 Å². The van der Waals surface area contributed by atoms with Crippen LogP contribution in [0.3, 0.4) is 0 Å². The summed E-state index contributed by atoms with van der Waals surface area (Å²) >= 11 is 3.56. The largest absolute Gasteiger partial charge is 0.234 e. The van der Waals surface area contributed by atoms with Crippen LogP contribution < -0.4 is 0 Å². The molecule has 0 N–H and O–H groups in total. The topological polar surface area (TPSA) is 58.9 Å². The number of nitrogens with zero attached hydrogens (tertiary/aromatic N) is 2. The van der Waals surface area contributed by atoms with E-state index in [1.165, 1.54) is 12.2 Å². The summed E-state index contributed by atoms with van der Waals surface area (Å²) in [5, 5.41) is 0.698. The van der Waals surface area contributed by atoms with Gasteiger partial charge in [0.05, 0.1) is 13.1 Å². The van der Waals surface area contributed by atoms with Gasteiger partial charge in [-0.15, -0.1) is 11.8 Å². The molecule has 0 bridgehead atoms. The van der Waals surface area contributed by atoms with Gasteiger partial charge < -0.3 is 0 Å². The van der Waals surface area contributed by atoms with Crippen LogP contribution in [0.4, 0.5) is 0 Å². The van der Waals surface area contributed by atoms with Crippen molar-refractivity contribution in [2.24, 2.45) is 9.98 Å². The van der Waals surface area contributed by atoms with E-state index in [1.807, 2.05) is 11.8 Å². The lowest BCUT2D eigenvalue weighted by Crippen LogP contribution is -2.26. The minimum Gasteiger partial charge on any atom is -0.211 e. The van der Waals surface area contributed by atoms with Crippen molar-refractivity contribution in [2.45, 2.75) is 10.5 Å². The maximum absolute atomic E-state index is 9.92. The van der Waals surface area contributed by atoms with Crippen LogP contribution in [0.1, 0.15) is 0 Å². The molecule has 1 saturated heterocycles. The molecule has 2 atom stereocenters. The van der Waals surface area contributed by atoms with Gasteiger partial charge in [0.15, 0.2) is 0 Å². The monoisotopic (exact) mass is 230 g/mol. The van der Waals surface area contributed by atoms with Gasteiger partial charge in [-0.25, -0.2) is 19.6 Å². The van der Waals surface area contributed by atoms with E-state index < -0.39 is 0 Å². The Morgan fingerprint density at radius 2 is 1.57 bits per heavy atom. The molecule has 76 valence electrons. The normalized spacial score (nSPS) is 26.0. The van der Waals surface area contributed by atoms with Crippen LogP contribution in [0.5, 0.6) is 0 Å². The molecular formula is C8H10N2O2S2. The number of thioether (sulfide) groups is 2. The van der Waals surface area contributed by atoms with E-state index in [1.54, 1.807) is 11.8 Å². The smallest absolute Gasteiger partial charge is 0.211 e. The van der Waals surface area contributed by atoms with Crippen LogP contribution in [0, 0.1) is 0 Å². The number of isocyanates is 2. The molecule has 1 heterocycles. The van der Waals surface area contributed by atoms with Crippen LogP contribution in [0.15, 0.2) is 9.98 Å². The molecule has 0 aliphatic carbocycles. The van der Waals surface area contributed by atoms with Crippen molar-refractivity contribution in [1.29, 1.82) is 0 Å². The minimum atomic E-state index is 0.349. The number of aliphatic imine (C=N–C) groups is 2. The summed E-state index contributed by atoms with van der Waals surface area (Å²) in [6, 6.07) is 0. The summed E-state index contributed by atoms with van der Waals surface area (Å²) in [5.74, 6) is 1.99. The first-order valence-electron chi connectivity index (χ1n) is 4.17. The second kappa shape index (κ2) is 6.85. The van der Waals surface area contributed by atoms with Crippen LogP contribution in [0.2, 0.25) is 0 Å².